The Labute approximate surface area is 111 Å². The molecule has 2 heterocycles. The van der Waals surface area contributed by atoms with Gasteiger partial charge in [-0.2, -0.15) is 0 Å². The van der Waals surface area contributed by atoms with E-state index >= 15 is 0 Å². The summed E-state index contributed by atoms with van der Waals surface area (Å²) in [6.45, 7) is 0.852. The van der Waals surface area contributed by atoms with Crippen molar-refractivity contribution < 1.29 is 4.42 Å². The van der Waals surface area contributed by atoms with Gasteiger partial charge in [0, 0.05) is 23.3 Å². The van der Waals surface area contributed by atoms with Crippen LogP contribution in [0, 0.1) is 0 Å². The third-order valence-electron chi connectivity index (χ3n) is 2.89. The van der Waals surface area contributed by atoms with Crippen LogP contribution in [0.3, 0.4) is 0 Å². The first-order valence-electron chi connectivity index (χ1n) is 6.24. The van der Waals surface area contributed by atoms with E-state index in [9.17, 15) is 0 Å². The molecule has 3 nitrogen and oxygen atoms in total. The maximum atomic E-state index is 5.78. The molecule has 0 aliphatic heterocycles. The summed E-state index contributed by atoms with van der Waals surface area (Å²) < 4.78 is 5.78. The van der Waals surface area contributed by atoms with E-state index in [-0.39, 0.29) is 0 Å². The zero-order valence-corrected chi connectivity index (χ0v) is 11.0. The van der Waals surface area contributed by atoms with Gasteiger partial charge in [-0.3, -0.25) is 4.98 Å². The fourth-order valence-electron chi connectivity index (χ4n) is 1.72. The molecular weight excluding hydrogens is 244 g/mol. The van der Waals surface area contributed by atoms with Gasteiger partial charge < -0.3 is 9.73 Å². The Morgan fingerprint density at radius 3 is 2.72 bits per heavy atom. The molecule has 2 aromatic heterocycles. The summed E-state index contributed by atoms with van der Waals surface area (Å²) in [5.41, 5.74) is 0. The maximum absolute atomic E-state index is 5.78. The second kappa shape index (κ2) is 5.59. The third-order valence-corrected chi connectivity index (χ3v) is 3.92. The van der Waals surface area contributed by atoms with Crippen molar-refractivity contribution in [2.75, 3.05) is 0 Å². The standard InChI is InChI=1S/C14H16N2OS/c1-2-11(1)16-9-12-3-4-13(17-12)10-18-14-5-7-15-8-6-14/h3-8,11,16H,1-2,9-10H2. The van der Waals surface area contributed by atoms with E-state index in [4.69, 9.17) is 4.42 Å². The first kappa shape index (κ1) is 11.8. The van der Waals surface area contributed by atoms with E-state index < -0.39 is 0 Å². The van der Waals surface area contributed by atoms with Gasteiger partial charge in [-0.25, -0.2) is 0 Å². The Morgan fingerprint density at radius 1 is 1.17 bits per heavy atom. The van der Waals surface area contributed by atoms with Gasteiger partial charge in [-0.05, 0) is 37.1 Å². The van der Waals surface area contributed by atoms with Crippen molar-refractivity contribution in [1.29, 1.82) is 0 Å². The van der Waals surface area contributed by atoms with Crippen molar-refractivity contribution in [2.45, 2.75) is 36.1 Å². The molecule has 18 heavy (non-hydrogen) atoms. The number of rotatable bonds is 6. The molecule has 94 valence electrons. The second-order valence-corrected chi connectivity index (χ2v) is 5.54. The molecule has 4 heteroatoms. The minimum atomic E-state index is 0.727. The molecule has 0 radical (unpaired) electrons. The zero-order chi connectivity index (χ0) is 12.2. The predicted octanol–water partition coefficient (Wildman–Crippen LogP) is 3.22. The highest BCUT2D eigenvalue weighted by molar-refractivity contribution is 7.98. The quantitative estimate of drug-likeness (QED) is 0.809. The van der Waals surface area contributed by atoms with Crippen LogP contribution in [0.1, 0.15) is 24.4 Å². The summed E-state index contributed by atoms with van der Waals surface area (Å²) in [7, 11) is 0. The van der Waals surface area contributed by atoms with E-state index in [2.05, 4.69) is 22.4 Å². The summed E-state index contributed by atoms with van der Waals surface area (Å²) >= 11 is 1.77. The number of furan rings is 1. The van der Waals surface area contributed by atoms with Gasteiger partial charge in [-0.15, -0.1) is 11.8 Å². The molecule has 1 fully saturated rings. The van der Waals surface area contributed by atoms with Crippen molar-refractivity contribution in [1.82, 2.24) is 10.3 Å². The summed E-state index contributed by atoms with van der Waals surface area (Å²) in [5, 5.41) is 3.45. The number of hydrogen-bond donors (Lipinski definition) is 1. The normalized spacial score (nSPS) is 14.9. The van der Waals surface area contributed by atoms with Gasteiger partial charge in [0.15, 0.2) is 0 Å². The Kier molecular flexibility index (Phi) is 3.67. The van der Waals surface area contributed by atoms with Crippen LogP contribution < -0.4 is 5.32 Å². The smallest absolute Gasteiger partial charge is 0.118 e. The molecule has 0 atom stereocenters. The number of pyridine rings is 1. The monoisotopic (exact) mass is 260 g/mol. The maximum Gasteiger partial charge on any atom is 0.118 e. The topological polar surface area (TPSA) is 38.1 Å². The predicted molar refractivity (Wildman–Crippen MR) is 72.4 cm³/mol. The van der Waals surface area contributed by atoms with E-state index in [0.717, 1.165) is 29.9 Å². The Hall–Kier alpha value is -1.26. The summed E-state index contributed by atoms with van der Waals surface area (Å²) in [5.74, 6) is 2.93. The first-order chi connectivity index (χ1) is 8.90. The largest absolute Gasteiger partial charge is 0.464 e. The van der Waals surface area contributed by atoms with Crippen LogP contribution >= 0.6 is 11.8 Å². The van der Waals surface area contributed by atoms with Crippen LogP contribution in [-0.4, -0.2) is 11.0 Å². The Morgan fingerprint density at radius 2 is 1.94 bits per heavy atom. The molecule has 1 saturated carbocycles. The lowest BCUT2D eigenvalue weighted by atomic mass is 10.4. The van der Waals surface area contributed by atoms with Gasteiger partial charge in [0.25, 0.3) is 0 Å². The molecule has 1 aliphatic rings. The molecule has 0 unspecified atom stereocenters. The van der Waals surface area contributed by atoms with Gasteiger partial charge in [-0.1, -0.05) is 0 Å². The molecule has 0 amide bonds. The summed E-state index contributed by atoms with van der Waals surface area (Å²) in [6.07, 6.45) is 6.25. The molecule has 0 aromatic carbocycles. The molecule has 0 saturated heterocycles. The number of nitrogens with one attached hydrogen (secondary N) is 1. The minimum Gasteiger partial charge on any atom is -0.464 e. The first-order valence-corrected chi connectivity index (χ1v) is 7.22. The zero-order valence-electron chi connectivity index (χ0n) is 10.1. The van der Waals surface area contributed by atoms with Crippen molar-refractivity contribution >= 4 is 11.8 Å². The summed E-state index contributed by atoms with van der Waals surface area (Å²) in [4.78, 5) is 5.23. The molecule has 1 N–H and O–H groups in total. The van der Waals surface area contributed by atoms with E-state index in [0.29, 0.717) is 0 Å². The molecule has 0 bridgehead atoms. The Balaban J connectivity index is 1.50. The van der Waals surface area contributed by atoms with E-state index in [1.54, 1.807) is 11.8 Å². The van der Waals surface area contributed by atoms with E-state index in [1.807, 2.05) is 24.5 Å². The van der Waals surface area contributed by atoms with Crippen molar-refractivity contribution in [2.24, 2.45) is 0 Å². The van der Waals surface area contributed by atoms with Crippen LogP contribution in [0.4, 0.5) is 0 Å². The lowest BCUT2D eigenvalue weighted by Crippen LogP contribution is -2.14. The van der Waals surface area contributed by atoms with Crippen LogP contribution in [0.5, 0.6) is 0 Å². The van der Waals surface area contributed by atoms with Crippen molar-refractivity contribution in [3.63, 3.8) is 0 Å². The van der Waals surface area contributed by atoms with Crippen molar-refractivity contribution in [3.05, 3.63) is 48.2 Å². The molecule has 0 spiro atoms. The highest BCUT2D eigenvalue weighted by atomic mass is 32.2. The average Bonchev–Trinajstić information content (AvgIpc) is 3.14. The van der Waals surface area contributed by atoms with Gasteiger partial charge in [0.1, 0.15) is 11.5 Å². The van der Waals surface area contributed by atoms with Gasteiger partial charge in [0.05, 0.1) is 12.3 Å². The highest BCUT2D eigenvalue weighted by Gasteiger charge is 2.20. The number of hydrogen-bond acceptors (Lipinski definition) is 4. The Bertz CT molecular complexity index is 494. The molecule has 2 aromatic rings. The molecule has 1 aliphatic carbocycles. The van der Waals surface area contributed by atoms with Crippen LogP contribution in [0.15, 0.2) is 46.0 Å². The summed E-state index contributed by atoms with van der Waals surface area (Å²) in [6, 6.07) is 8.90. The second-order valence-electron chi connectivity index (χ2n) is 4.49. The lowest BCUT2D eigenvalue weighted by Gasteiger charge is -2.00. The molecular formula is C14H16N2OS. The fraction of sp³-hybridized carbons (Fsp3) is 0.357. The number of thioether (sulfide) groups is 1. The highest BCUT2D eigenvalue weighted by Crippen LogP contribution is 2.23. The molecule has 3 rings (SSSR count). The van der Waals surface area contributed by atoms with E-state index in [1.165, 1.54) is 17.7 Å². The van der Waals surface area contributed by atoms with Gasteiger partial charge in [0.2, 0.25) is 0 Å². The average molecular weight is 260 g/mol. The minimum absolute atomic E-state index is 0.727. The number of aromatic nitrogens is 1. The van der Waals surface area contributed by atoms with Crippen LogP contribution in [-0.2, 0) is 12.3 Å². The lowest BCUT2D eigenvalue weighted by molar-refractivity contribution is 0.458. The van der Waals surface area contributed by atoms with Gasteiger partial charge >= 0.3 is 0 Å². The third kappa shape index (κ3) is 3.37. The fourth-order valence-corrected chi connectivity index (χ4v) is 2.49. The van der Waals surface area contributed by atoms with Crippen LogP contribution in [0.25, 0.3) is 0 Å². The number of nitrogens with zero attached hydrogens (tertiary/aromatic N) is 1. The van der Waals surface area contributed by atoms with Crippen LogP contribution in [0.2, 0.25) is 0 Å². The van der Waals surface area contributed by atoms with Crippen molar-refractivity contribution in [3.8, 4) is 0 Å². The SMILES string of the molecule is c1cc(SCc2ccc(CNC3CC3)o2)ccn1.